The van der Waals surface area contributed by atoms with E-state index in [0.29, 0.717) is 19.4 Å². The summed E-state index contributed by atoms with van der Waals surface area (Å²) in [4.78, 5) is 12.1. The van der Waals surface area contributed by atoms with Crippen LogP contribution in [0.4, 0.5) is 13.2 Å². The highest BCUT2D eigenvalue weighted by Crippen LogP contribution is 2.25. The lowest BCUT2D eigenvalue weighted by Crippen LogP contribution is -2.49. The topological polar surface area (TPSA) is 58.6 Å². The summed E-state index contributed by atoms with van der Waals surface area (Å²) in [6, 6.07) is 2.85. The maximum absolute atomic E-state index is 13.5. The number of ether oxygens (including phenoxy) is 1. The number of carbonyl (C=O) groups is 1. The number of alkyl halides is 2. The third-order valence-corrected chi connectivity index (χ3v) is 3.57. The number of benzene rings is 1. The van der Waals surface area contributed by atoms with Crippen molar-refractivity contribution in [2.75, 3.05) is 19.8 Å². The second-order valence-corrected chi connectivity index (χ2v) is 5.05. The smallest absolute Gasteiger partial charge is 0.266 e. The molecule has 116 valence electrons. The fourth-order valence-electron chi connectivity index (χ4n) is 2.34. The number of amides is 1. The van der Waals surface area contributed by atoms with Gasteiger partial charge in [-0.3, -0.25) is 4.79 Å². The van der Waals surface area contributed by atoms with Crippen LogP contribution in [0.5, 0.6) is 0 Å². The van der Waals surface area contributed by atoms with Gasteiger partial charge in [-0.05, 0) is 31.0 Å². The molecule has 0 aromatic heterocycles. The van der Waals surface area contributed by atoms with Gasteiger partial charge in [0.2, 0.25) is 0 Å². The summed E-state index contributed by atoms with van der Waals surface area (Å²) in [5, 5.41) is 11.8. The molecule has 0 bridgehead atoms. The first-order valence-electron chi connectivity index (χ1n) is 6.56. The summed E-state index contributed by atoms with van der Waals surface area (Å²) >= 11 is 0. The van der Waals surface area contributed by atoms with Crippen molar-refractivity contribution < 1.29 is 27.8 Å². The Morgan fingerprint density at radius 1 is 1.48 bits per heavy atom. The van der Waals surface area contributed by atoms with Crippen molar-refractivity contribution in [3.63, 3.8) is 0 Å². The molecule has 2 rings (SSSR count). The molecule has 0 spiro atoms. The largest absolute Gasteiger partial charge is 0.396 e. The monoisotopic (exact) mass is 303 g/mol. The molecule has 1 heterocycles. The van der Waals surface area contributed by atoms with Crippen LogP contribution < -0.4 is 5.32 Å². The number of halogens is 3. The Hall–Kier alpha value is -1.60. The summed E-state index contributed by atoms with van der Waals surface area (Å²) in [5.74, 6) is -1.69. The second-order valence-electron chi connectivity index (χ2n) is 5.05. The molecule has 0 radical (unpaired) electrons. The molecule has 1 aliphatic heterocycles. The minimum atomic E-state index is -2.92. The standard InChI is InChI=1S/C14H16F3NO3/c15-11-7-9(1-2-10(11)12(16)17)13(20)18-14(3-5-19)4-6-21-8-14/h1-2,7,12,19H,3-6,8H2,(H,18,20). The quantitative estimate of drug-likeness (QED) is 0.875. The van der Waals surface area contributed by atoms with Gasteiger partial charge in [-0.25, -0.2) is 13.2 Å². The predicted molar refractivity (Wildman–Crippen MR) is 68.7 cm³/mol. The van der Waals surface area contributed by atoms with Gasteiger partial charge in [0.1, 0.15) is 5.82 Å². The number of hydrogen-bond donors (Lipinski definition) is 2. The number of aliphatic hydroxyl groups excluding tert-OH is 1. The van der Waals surface area contributed by atoms with Gasteiger partial charge < -0.3 is 15.2 Å². The van der Waals surface area contributed by atoms with E-state index in [1.54, 1.807) is 0 Å². The zero-order chi connectivity index (χ0) is 15.5. The van der Waals surface area contributed by atoms with Crippen molar-refractivity contribution >= 4 is 5.91 Å². The Kier molecular flexibility index (Phi) is 4.84. The first kappa shape index (κ1) is 15.8. The van der Waals surface area contributed by atoms with Gasteiger partial charge in [0.05, 0.1) is 17.7 Å². The molecule has 1 atom stereocenters. The van der Waals surface area contributed by atoms with Gasteiger partial charge in [-0.2, -0.15) is 0 Å². The fourth-order valence-corrected chi connectivity index (χ4v) is 2.34. The lowest BCUT2D eigenvalue weighted by molar-refractivity contribution is 0.0849. The first-order chi connectivity index (χ1) is 9.97. The van der Waals surface area contributed by atoms with Gasteiger partial charge >= 0.3 is 0 Å². The van der Waals surface area contributed by atoms with Crippen molar-refractivity contribution in [3.8, 4) is 0 Å². The number of carbonyl (C=O) groups excluding carboxylic acids is 1. The van der Waals surface area contributed by atoms with Crippen molar-refractivity contribution in [1.29, 1.82) is 0 Å². The van der Waals surface area contributed by atoms with E-state index < -0.39 is 29.3 Å². The van der Waals surface area contributed by atoms with E-state index in [-0.39, 0.29) is 18.8 Å². The average Bonchev–Trinajstić information content (AvgIpc) is 2.87. The summed E-state index contributed by atoms with van der Waals surface area (Å²) < 4.78 is 43.6. The molecule has 1 fully saturated rings. The highest BCUT2D eigenvalue weighted by atomic mass is 19.3. The van der Waals surface area contributed by atoms with Gasteiger partial charge in [0.25, 0.3) is 12.3 Å². The van der Waals surface area contributed by atoms with E-state index in [9.17, 15) is 18.0 Å². The molecule has 1 saturated heterocycles. The third kappa shape index (κ3) is 3.54. The van der Waals surface area contributed by atoms with Crippen LogP contribution in [0.15, 0.2) is 18.2 Å². The molecule has 0 aliphatic carbocycles. The van der Waals surface area contributed by atoms with E-state index in [4.69, 9.17) is 9.84 Å². The molecule has 1 aromatic carbocycles. The van der Waals surface area contributed by atoms with Gasteiger partial charge in [-0.1, -0.05) is 0 Å². The predicted octanol–water partition coefficient (Wildman–Crippen LogP) is 2.03. The van der Waals surface area contributed by atoms with Crippen molar-refractivity contribution in [3.05, 3.63) is 35.1 Å². The number of hydrogen-bond acceptors (Lipinski definition) is 3. The molecule has 4 nitrogen and oxygen atoms in total. The van der Waals surface area contributed by atoms with Crippen LogP contribution in [0.3, 0.4) is 0 Å². The summed E-state index contributed by atoms with van der Waals surface area (Å²) in [6.07, 6.45) is -2.07. The average molecular weight is 303 g/mol. The minimum Gasteiger partial charge on any atom is -0.396 e. The number of nitrogens with one attached hydrogen (secondary N) is 1. The zero-order valence-electron chi connectivity index (χ0n) is 11.2. The molecule has 2 N–H and O–H groups in total. The molecular formula is C14H16F3NO3. The summed E-state index contributed by atoms with van der Waals surface area (Å²) in [7, 11) is 0. The molecular weight excluding hydrogens is 287 g/mol. The zero-order valence-corrected chi connectivity index (χ0v) is 11.2. The lowest BCUT2D eigenvalue weighted by Gasteiger charge is -2.28. The summed E-state index contributed by atoms with van der Waals surface area (Å²) in [5.41, 5.74) is -1.47. The normalized spacial score (nSPS) is 21.8. The van der Waals surface area contributed by atoms with Crippen LogP contribution in [0.1, 0.15) is 35.2 Å². The van der Waals surface area contributed by atoms with Crippen LogP contribution >= 0.6 is 0 Å². The molecule has 21 heavy (non-hydrogen) atoms. The maximum Gasteiger partial charge on any atom is 0.266 e. The highest BCUT2D eigenvalue weighted by Gasteiger charge is 2.36. The van der Waals surface area contributed by atoms with Crippen molar-refractivity contribution in [1.82, 2.24) is 5.32 Å². The van der Waals surface area contributed by atoms with E-state index in [0.717, 1.165) is 18.2 Å². The molecule has 1 amide bonds. The SMILES string of the molecule is O=C(NC1(CCO)CCOC1)c1ccc(C(F)F)c(F)c1. The van der Waals surface area contributed by atoms with E-state index in [2.05, 4.69) is 5.32 Å². The van der Waals surface area contributed by atoms with Gasteiger partial charge in [0.15, 0.2) is 0 Å². The molecule has 0 saturated carbocycles. The van der Waals surface area contributed by atoms with E-state index in [1.165, 1.54) is 0 Å². The Morgan fingerprint density at radius 2 is 2.24 bits per heavy atom. The number of rotatable bonds is 5. The van der Waals surface area contributed by atoms with Crippen LogP contribution in [-0.2, 0) is 4.74 Å². The minimum absolute atomic E-state index is 0.0406. The van der Waals surface area contributed by atoms with Gasteiger partial charge in [0, 0.05) is 18.8 Å². The highest BCUT2D eigenvalue weighted by molar-refractivity contribution is 5.94. The van der Waals surface area contributed by atoms with Crippen LogP contribution in [0.2, 0.25) is 0 Å². The van der Waals surface area contributed by atoms with Crippen LogP contribution in [0.25, 0.3) is 0 Å². The second kappa shape index (κ2) is 6.44. The van der Waals surface area contributed by atoms with Crippen LogP contribution in [-0.4, -0.2) is 36.4 Å². The van der Waals surface area contributed by atoms with Gasteiger partial charge in [-0.15, -0.1) is 0 Å². The number of aliphatic hydroxyl groups is 1. The van der Waals surface area contributed by atoms with Crippen molar-refractivity contribution in [2.45, 2.75) is 24.8 Å². The van der Waals surface area contributed by atoms with Crippen LogP contribution in [0, 0.1) is 5.82 Å². The summed E-state index contributed by atoms with van der Waals surface area (Å²) in [6.45, 7) is 0.595. The lowest BCUT2D eigenvalue weighted by atomic mass is 9.94. The Balaban J connectivity index is 2.14. The molecule has 7 heteroatoms. The fraction of sp³-hybridized carbons (Fsp3) is 0.500. The molecule has 1 aliphatic rings. The molecule has 1 aromatic rings. The van der Waals surface area contributed by atoms with E-state index >= 15 is 0 Å². The Bertz CT molecular complexity index is 516. The van der Waals surface area contributed by atoms with E-state index in [1.807, 2.05) is 0 Å². The Morgan fingerprint density at radius 3 is 2.76 bits per heavy atom. The maximum atomic E-state index is 13.5. The Labute approximate surface area is 119 Å². The first-order valence-corrected chi connectivity index (χ1v) is 6.56. The third-order valence-electron chi connectivity index (χ3n) is 3.57. The van der Waals surface area contributed by atoms with Crippen molar-refractivity contribution in [2.24, 2.45) is 0 Å². The molecule has 1 unspecified atom stereocenters.